The average molecular weight is 470 g/mol. The van der Waals surface area contributed by atoms with Gasteiger partial charge in [-0.05, 0) is 0 Å². The van der Waals surface area contributed by atoms with E-state index in [1.165, 1.54) is 89.9 Å². The molecule has 1 heteroatoms. The van der Waals surface area contributed by atoms with Crippen molar-refractivity contribution in [2.24, 2.45) is 0 Å². The topological polar surface area (TPSA) is 0 Å². The molecule has 1 heterocycles. The van der Waals surface area contributed by atoms with Gasteiger partial charge in [-0.25, -0.2) is 0 Å². The molecule has 0 aromatic carbocycles. The van der Waals surface area contributed by atoms with E-state index in [0.717, 1.165) is 7.25 Å². The molecule has 0 N–H and O–H groups in total. The van der Waals surface area contributed by atoms with Crippen LogP contribution in [0, 0.1) is 0 Å². The standard InChI is InChI=1S/2C13H19.C2H4.Zr/c2*1-2-3-6-11-9-12-7-4-5-8-13(12)10-11;1-2;/h2*9-10H,2-8H2,1H3;1-2H2;. The van der Waals surface area contributed by atoms with Crippen LogP contribution in [0.1, 0.15) is 104 Å². The molecule has 1 saturated heterocycles. The van der Waals surface area contributed by atoms with Crippen molar-refractivity contribution in [2.45, 2.75) is 119 Å². The molecule has 0 saturated carbocycles. The Labute approximate surface area is 184 Å². The van der Waals surface area contributed by atoms with Gasteiger partial charge in [0.05, 0.1) is 0 Å². The Balaban J connectivity index is 1.51. The molecule has 0 spiro atoms. The molecule has 0 nitrogen and oxygen atoms in total. The predicted octanol–water partition coefficient (Wildman–Crippen LogP) is 9.57. The normalized spacial score (nSPS) is 30.3. The first-order chi connectivity index (χ1) is 14.3. The first kappa shape index (κ1) is 20.7. The van der Waals surface area contributed by atoms with E-state index >= 15 is 0 Å². The fourth-order valence-corrected chi connectivity index (χ4v) is 25.8. The second-order valence-corrected chi connectivity index (χ2v) is 22.1. The number of allylic oxidation sites excluding steroid dienone is 8. The van der Waals surface area contributed by atoms with E-state index in [4.69, 9.17) is 0 Å². The molecule has 5 aliphatic rings. The van der Waals surface area contributed by atoms with Crippen molar-refractivity contribution in [3.8, 4) is 0 Å². The van der Waals surface area contributed by atoms with Crippen LogP contribution in [0.15, 0.2) is 45.6 Å². The van der Waals surface area contributed by atoms with Gasteiger partial charge in [-0.15, -0.1) is 0 Å². The van der Waals surface area contributed by atoms with E-state index in [2.05, 4.69) is 26.0 Å². The van der Waals surface area contributed by atoms with Gasteiger partial charge in [0.25, 0.3) is 0 Å². The maximum atomic E-state index is 2.77. The van der Waals surface area contributed by atoms with Crippen LogP contribution < -0.4 is 0 Å². The Bertz CT molecular complexity index is 708. The van der Waals surface area contributed by atoms with Crippen molar-refractivity contribution in [1.82, 2.24) is 0 Å². The van der Waals surface area contributed by atoms with E-state index in [1.807, 2.05) is 33.4 Å². The molecule has 0 aromatic rings. The molecular weight excluding hydrogens is 428 g/mol. The molecule has 2 atom stereocenters. The summed E-state index contributed by atoms with van der Waals surface area (Å²) in [6, 6.07) is 0. The zero-order valence-electron chi connectivity index (χ0n) is 19.1. The van der Waals surface area contributed by atoms with Crippen molar-refractivity contribution >= 4 is 0 Å². The van der Waals surface area contributed by atoms with Crippen LogP contribution >= 0.6 is 0 Å². The van der Waals surface area contributed by atoms with Gasteiger partial charge < -0.3 is 0 Å². The van der Waals surface area contributed by atoms with Gasteiger partial charge in [0.15, 0.2) is 0 Å². The molecule has 2 unspecified atom stereocenters. The number of hydrogen-bond acceptors (Lipinski definition) is 0. The zero-order valence-corrected chi connectivity index (χ0v) is 21.6. The summed E-state index contributed by atoms with van der Waals surface area (Å²) in [7, 11) is 0. The van der Waals surface area contributed by atoms with E-state index in [-0.39, 0.29) is 0 Å². The molecular formula is C28H42Zr. The number of rotatable bonds is 8. The molecule has 0 aromatic heterocycles. The molecule has 1 fully saturated rings. The molecule has 0 amide bonds. The summed E-state index contributed by atoms with van der Waals surface area (Å²) in [5.41, 5.74) is 11.6. The van der Waals surface area contributed by atoms with Crippen LogP contribution in [0.2, 0.25) is 15.5 Å². The molecule has 0 radical (unpaired) electrons. The van der Waals surface area contributed by atoms with Gasteiger partial charge in [-0.1, -0.05) is 0 Å². The van der Waals surface area contributed by atoms with E-state index in [1.54, 1.807) is 8.26 Å². The van der Waals surface area contributed by atoms with Crippen LogP contribution in [-0.2, 0) is 20.3 Å². The van der Waals surface area contributed by atoms with Crippen molar-refractivity contribution < 1.29 is 20.3 Å². The third-order valence-corrected chi connectivity index (χ3v) is 22.1. The second kappa shape index (κ2) is 8.76. The first-order valence-corrected chi connectivity index (χ1v) is 19.4. The van der Waals surface area contributed by atoms with Crippen LogP contribution in [0.25, 0.3) is 0 Å². The SMILES string of the molecule is CCCCC1=CC2=C(CCCC2)[CH]1[Zr]1([CH]2C(CCCC)=CC3=C2CCCC3)[CH2][CH2]1. The summed E-state index contributed by atoms with van der Waals surface area (Å²) in [5.74, 6) is 0. The van der Waals surface area contributed by atoms with Gasteiger partial charge in [-0.3, -0.25) is 0 Å². The summed E-state index contributed by atoms with van der Waals surface area (Å²) >= 11 is -2.23. The molecule has 29 heavy (non-hydrogen) atoms. The predicted molar refractivity (Wildman–Crippen MR) is 123 cm³/mol. The summed E-state index contributed by atoms with van der Waals surface area (Å²) in [4.78, 5) is 0. The average Bonchev–Trinajstić information content (AvgIpc) is 3.30. The van der Waals surface area contributed by atoms with Gasteiger partial charge in [0.2, 0.25) is 0 Å². The maximum absolute atomic E-state index is 2.77. The van der Waals surface area contributed by atoms with Crippen LogP contribution in [0.3, 0.4) is 0 Å². The first-order valence-electron chi connectivity index (χ1n) is 13.1. The van der Waals surface area contributed by atoms with Crippen LogP contribution in [0.5, 0.6) is 0 Å². The molecule has 1 aliphatic heterocycles. The quantitative estimate of drug-likeness (QED) is 0.332. The molecule has 158 valence electrons. The molecule has 5 rings (SSSR count). The van der Waals surface area contributed by atoms with E-state index in [9.17, 15) is 0 Å². The van der Waals surface area contributed by atoms with Crippen molar-refractivity contribution in [1.29, 1.82) is 0 Å². The summed E-state index contributed by atoms with van der Waals surface area (Å²) < 4.78 is 5.44. The minimum atomic E-state index is -2.23. The monoisotopic (exact) mass is 468 g/mol. The third-order valence-electron chi connectivity index (χ3n) is 8.88. The Hall–Kier alpha value is -0.157. The zero-order chi connectivity index (χ0) is 19.8. The fourth-order valence-electron chi connectivity index (χ4n) is 7.47. The Morgan fingerprint density at radius 2 is 1.14 bits per heavy atom. The molecule has 0 bridgehead atoms. The van der Waals surface area contributed by atoms with Gasteiger partial charge in [-0.2, -0.15) is 0 Å². The van der Waals surface area contributed by atoms with E-state index < -0.39 is 20.3 Å². The Morgan fingerprint density at radius 3 is 1.55 bits per heavy atom. The van der Waals surface area contributed by atoms with Crippen molar-refractivity contribution in [2.75, 3.05) is 0 Å². The Kier molecular flexibility index (Phi) is 6.27. The van der Waals surface area contributed by atoms with Gasteiger partial charge in [0, 0.05) is 0 Å². The van der Waals surface area contributed by atoms with Gasteiger partial charge in [0.1, 0.15) is 0 Å². The van der Waals surface area contributed by atoms with Gasteiger partial charge >= 0.3 is 185 Å². The van der Waals surface area contributed by atoms with Crippen molar-refractivity contribution in [3.63, 3.8) is 0 Å². The molecule has 4 aliphatic carbocycles. The number of hydrogen-bond donors (Lipinski definition) is 0. The Morgan fingerprint density at radius 1 is 0.690 bits per heavy atom. The summed E-state index contributed by atoms with van der Waals surface area (Å²) in [6.07, 6.45) is 25.5. The van der Waals surface area contributed by atoms with Crippen molar-refractivity contribution in [3.05, 3.63) is 45.6 Å². The van der Waals surface area contributed by atoms with Crippen LogP contribution in [0.4, 0.5) is 0 Å². The number of unbranched alkanes of at least 4 members (excludes halogenated alkanes) is 2. The second-order valence-electron chi connectivity index (χ2n) is 10.8. The van der Waals surface area contributed by atoms with Crippen LogP contribution in [-0.4, -0.2) is 0 Å². The van der Waals surface area contributed by atoms with E-state index in [0.29, 0.717) is 0 Å². The minimum absolute atomic E-state index is 1.02. The fraction of sp³-hybridized carbons (Fsp3) is 0.714. The summed E-state index contributed by atoms with van der Waals surface area (Å²) in [5, 5.41) is 0. The third kappa shape index (κ3) is 3.71. The summed E-state index contributed by atoms with van der Waals surface area (Å²) in [6.45, 7) is 4.77.